The first-order chi connectivity index (χ1) is 11.4. The minimum absolute atomic E-state index is 0.00168. The third kappa shape index (κ3) is 3.11. The smallest absolute Gasteiger partial charge is 0.224 e. The lowest BCUT2D eigenvalue weighted by atomic mass is 9.82. The highest BCUT2D eigenvalue weighted by Crippen LogP contribution is 2.42. The number of pyridine rings is 1. The van der Waals surface area contributed by atoms with Crippen molar-refractivity contribution >= 4 is 40.0 Å². The standard InChI is InChI=1S/C18H19FIN3O/c1-10-11(2)23(12(3)24)16-6-4-13(19)8-15(16)18(10)22-17-7-5-14(20)9-21-17/h4-11,18H,1-3H3,(H,21,22)/t10-,11-,18?/m0/s1. The van der Waals surface area contributed by atoms with Gasteiger partial charge >= 0.3 is 0 Å². The van der Waals surface area contributed by atoms with E-state index in [1.807, 2.05) is 19.1 Å². The van der Waals surface area contributed by atoms with Crippen molar-refractivity contribution in [3.8, 4) is 0 Å². The minimum Gasteiger partial charge on any atom is -0.363 e. The molecule has 3 atom stereocenters. The summed E-state index contributed by atoms with van der Waals surface area (Å²) in [6.45, 7) is 5.64. The van der Waals surface area contributed by atoms with Gasteiger partial charge < -0.3 is 10.2 Å². The van der Waals surface area contributed by atoms with Crippen molar-refractivity contribution in [1.29, 1.82) is 0 Å². The molecule has 1 aliphatic heterocycles. The highest BCUT2D eigenvalue weighted by Gasteiger charge is 2.38. The van der Waals surface area contributed by atoms with Crippen LogP contribution in [0.2, 0.25) is 0 Å². The Morgan fingerprint density at radius 2 is 2.04 bits per heavy atom. The summed E-state index contributed by atoms with van der Waals surface area (Å²) in [6, 6.07) is 8.37. The number of halogens is 2. The molecule has 2 heterocycles. The van der Waals surface area contributed by atoms with E-state index in [2.05, 4.69) is 39.8 Å². The van der Waals surface area contributed by atoms with Crippen LogP contribution < -0.4 is 10.2 Å². The fourth-order valence-electron chi connectivity index (χ4n) is 3.30. The van der Waals surface area contributed by atoms with Crippen LogP contribution in [0.25, 0.3) is 0 Å². The average Bonchev–Trinajstić information content (AvgIpc) is 2.54. The van der Waals surface area contributed by atoms with Crippen LogP contribution in [0.3, 0.4) is 0 Å². The van der Waals surface area contributed by atoms with Gasteiger partial charge in [0, 0.05) is 39.9 Å². The molecular formula is C18H19FIN3O. The van der Waals surface area contributed by atoms with E-state index in [0.29, 0.717) is 0 Å². The molecule has 1 amide bonds. The van der Waals surface area contributed by atoms with Crippen molar-refractivity contribution in [3.05, 3.63) is 51.5 Å². The molecular weight excluding hydrogens is 420 g/mol. The van der Waals surface area contributed by atoms with Crippen molar-refractivity contribution < 1.29 is 9.18 Å². The van der Waals surface area contributed by atoms with Gasteiger partial charge in [-0.15, -0.1) is 0 Å². The van der Waals surface area contributed by atoms with Gasteiger partial charge in [0.05, 0.1) is 6.04 Å². The lowest BCUT2D eigenvalue weighted by molar-refractivity contribution is -0.117. The maximum absolute atomic E-state index is 13.9. The molecule has 1 aromatic carbocycles. The zero-order valence-corrected chi connectivity index (χ0v) is 15.9. The Balaban J connectivity index is 2.05. The molecule has 1 N–H and O–H groups in total. The summed E-state index contributed by atoms with van der Waals surface area (Å²) in [5.41, 5.74) is 1.55. The van der Waals surface area contributed by atoms with Crippen molar-refractivity contribution in [1.82, 2.24) is 4.98 Å². The van der Waals surface area contributed by atoms with Crippen LogP contribution in [0.4, 0.5) is 15.9 Å². The second kappa shape index (κ2) is 6.66. The molecule has 0 aliphatic carbocycles. The van der Waals surface area contributed by atoms with E-state index < -0.39 is 0 Å². The third-order valence-corrected chi connectivity index (χ3v) is 5.29. The van der Waals surface area contributed by atoms with Gasteiger partial charge in [-0.05, 0) is 59.8 Å². The SMILES string of the molecule is CC(=O)N1c2ccc(F)cc2C(Nc2ccc(I)cn2)[C@@H](C)[C@@H]1C. The molecule has 126 valence electrons. The first kappa shape index (κ1) is 17.1. The molecule has 0 saturated heterocycles. The molecule has 4 nitrogen and oxygen atoms in total. The summed E-state index contributed by atoms with van der Waals surface area (Å²) in [6.07, 6.45) is 1.79. The number of carbonyl (C=O) groups is 1. The van der Waals surface area contributed by atoms with Crippen LogP contribution in [-0.2, 0) is 4.79 Å². The highest BCUT2D eigenvalue weighted by atomic mass is 127. The average molecular weight is 439 g/mol. The van der Waals surface area contributed by atoms with Crippen molar-refractivity contribution in [2.24, 2.45) is 5.92 Å². The van der Waals surface area contributed by atoms with Gasteiger partial charge in [-0.2, -0.15) is 0 Å². The topological polar surface area (TPSA) is 45.2 Å². The maximum Gasteiger partial charge on any atom is 0.224 e. The highest BCUT2D eigenvalue weighted by molar-refractivity contribution is 14.1. The Morgan fingerprint density at radius 3 is 2.67 bits per heavy atom. The molecule has 1 aliphatic rings. The van der Waals surface area contributed by atoms with Crippen LogP contribution in [-0.4, -0.2) is 16.9 Å². The summed E-state index contributed by atoms with van der Waals surface area (Å²) in [4.78, 5) is 18.2. The van der Waals surface area contributed by atoms with Gasteiger partial charge in [0.25, 0.3) is 0 Å². The molecule has 1 aromatic heterocycles. The Kier molecular flexibility index (Phi) is 4.76. The molecule has 0 bridgehead atoms. The molecule has 2 aromatic rings. The molecule has 6 heteroatoms. The summed E-state index contributed by atoms with van der Waals surface area (Å²) < 4.78 is 14.9. The summed E-state index contributed by atoms with van der Waals surface area (Å²) in [5, 5.41) is 3.41. The molecule has 0 saturated carbocycles. The molecule has 24 heavy (non-hydrogen) atoms. The van der Waals surface area contributed by atoms with Gasteiger partial charge in [0.1, 0.15) is 11.6 Å². The van der Waals surface area contributed by atoms with E-state index in [1.165, 1.54) is 12.1 Å². The van der Waals surface area contributed by atoms with Gasteiger partial charge in [0.15, 0.2) is 0 Å². The van der Waals surface area contributed by atoms with E-state index in [1.54, 1.807) is 24.1 Å². The van der Waals surface area contributed by atoms with Crippen LogP contribution in [0.1, 0.15) is 32.4 Å². The quantitative estimate of drug-likeness (QED) is 0.708. The Morgan fingerprint density at radius 1 is 1.29 bits per heavy atom. The number of nitrogens with one attached hydrogen (secondary N) is 1. The number of rotatable bonds is 2. The zero-order valence-electron chi connectivity index (χ0n) is 13.8. The third-order valence-electron chi connectivity index (χ3n) is 4.65. The number of benzene rings is 1. The van der Waals surface area contributed by atoms with Crippen LogP contribution in [0.15, 0.2) is 36.5 Å². The zero-order chi connectivity index (χ0) is 17.4. The number of aromatic nitrogens is 1. The van der Waals surface area contributed by atoms with E-state index in [-0.39, 0.29) is 29.7 Å². The van der Waals surface area contributed by atoms with Gasteiger partial charge in [-0.1, -0.05) is 6.92 Å². The first-order valence-electron chi connectivity index (χ1n) is 7.86. The van der Waals surface area contributed by atoms with Crippen LogP contribution in [0, 0.1) is 15.3 Å². The van der Waals surface area contributed by atoms with Gasteiger partial charge in [-0.25, -0.2) is 9.37 Å². The molecule has 0 fully saturated rings. The largest absolute Gasteiger partial charge is 0.363 e. The summed E-state index contributed by atoms with van der Waals surface area (Å²) in [5.74, 6) is 0.504. The van der Waals surface area contributed by atoms with E-state index in [4.69, 9.17) is 0 Å². The van der Waals surface area contributed by atoms with Gasteiger partial charge in [0.2, 0.25) is 5.91 Å². The second-order valence-electron chi connectivity index (χ2n) is 6.18. The van der Waals surface area contributed by atoms with Crippen LogP contribution >= 0.6 is 22.6 Å². The summed E-state index contributed by atoms with van der Waals surface area (Å²) >= 11 is 2.20. The van der Waals surface area contributed by atoms with Gasteiger partial charge in [-0.3, -0.25) is 4.79 Å². The van der Waals surface area contributed by atoms with Crippen molar-refractivity contribution in [2.45, 2.75) is 32.9 Å². The van der Waals surface area contributed by atoms with E-state index in [0.717, 1.165) is 20.6 Å². The number of anilines is 2. The lowest BCUT2D eigenvalue weighted by Crippen LogP contribution is -2.48. The normalized spacial score (nSPS) is 22.9. The van der Waals surface area contributed by atoms with Crippen molar-refractivity contribution in [2.75, 3.05) is 10.2 Å². The van der Waals surface area contributed by atoms with E-state index in [9.17, 15) is 9.18 Å². The molecule has 3 rings (SSSR count). The number of amides is 1. The molecule has 0 spiro atoms. The fourth-order valence-corrected chi connectivity index (χ4v) is 3.62. The number of carbonyl (C=O) groups excluding carboxylic acids is 1. The summed E-state index contributed by atoms with van der Waals surface area (Å²) in [7, 11) is 0. The van der Waals surface area contributed by atoms with Crippen molar-refractivity contribution in [3.63, 3.8) is 0 Å². The first-order valence-corrected chi connectivity index (χ1v) is 8.93. The minimum atomic E-state index is -0.304. The number of hydrogen-bond acceptors (Lipinski definition) is 3. The Labute approximate surface area is 154 Å². The number of nitrogens with zero attached hydrogens (tertiary/aromatic N) is 2. The second-order valence-corrected chi connectivity index (χ2v) is 7.42. The predicted octanol–water partition coefficient (Wildman–Crippen LogP) is 4.37. The lowest BCUT2D eigenvalue weighted by Gasteiger charge is -2.44. The van der Waals surface area contributed by atoms with E-state index >= 15 is 0 Å². The number of hydrogen-bond donors (Lipinski definition) is 1. The Hall–Kier alpha value is -1.70. The van der Waals surface area contributed by atoms with Crippen LogP contribution in [0.5, 0.6) is 0 Å². The molecule has 0 radical (unpaired) electrons. The molecule has 1 unspecified atom stereocenters. The predicted molar refractivity (Wildman–Crippen MR) is 102 cm³/mol. The number of fused-ring (bicyclic) bond motifs is 1. The monoisotopic (exact) mass is 439 g/mol. The fraction of sp³-hybridized carbons (Fsp3) is 0.333. The Bertz CT molecular complexity index is 765. The maximum atomic E-state index is 13.9.